The molecule has 0 bridgehead atoms. The molecule has 0 radical (unpaired) electrons. The molecule has 8 nitrogen and oxygen atoms in total. The van der Waals surface area contributed by atoms with Gasteiger partial charge in [-0.2, -0.15) is 9.71 Å². The van der Waals surface area contributed by atoms with E-state index < -0.39 is 0 Å². The number of hydrogen-bond donors (Lipinski definition) is 0. The van der Waals surface area contributed by atoms with Crippen molar-refractivity contribution in [3.63, 3.8) is 0 Å². The second kappa shape index (κ2) is 7.12. The quantitative estimate of drug-likeness (QED) is 0.608. The number of pyridine rings is 1. The van der Waals surface area contributed by atoms with E-state index in [2.05, 4.69) is 9.97 Å². The number of methoxy groups -OCH3 is 1. The Hall–Kier alpha value is -2.90. The van der Waals surface area contributed by atoms with Crippen molar-refractivity contribution in [3.05, 3.63) is 47.6 Å². The molecule has 24 heavy (non-hydrogen) atoms. The minimum Gasteiger partial charge on any atom is -0.619 e. The predicted octanol–water partition coefficient (Wildman–Crippen LogP) is 0.802. The third kappa shape index (κ3) is 3.70. The molecule has 1 saturated heterocycles. The van der Waals surface area contributed by atoms with Gasteiger partial charge in [0, 0.05) is 24.9 Å². The topological polar surface area (TPSA) is 91.5 Å². The van der Waals surface area contributed by atoms with Crippen LogP contribution in [0.25, 0.3) is 0 Å². The van der Waals surface area contributed by atoms with Gasteiger partial charge in [-0.15, -0.1) is 0 Å². The molecule has 0 N–H and O–H groups in total. The number of carbonyl (C=O) groups excluding carboxylic acids is 1. The molecule has 1 aliphatic rings. The Morgan fingerprint density at radius 3 is 3.12 bits per heavy atom. The Bertz CT molecular complexity index is 725. The molecule has 1 fully saturated rings. The maximum Gasteiger partial charge on any atom is 0.319 e. The molecule has 0 aliphatic carbocycles. The van der Waals surface area contributed by atoms with Crippen LogP contribution in [0.1, 0.15) is 23.2 Å². The van der Waals surface area contributed by atoms with Crippen LogP contribution in [0.2, 0.25) is 0 Å². The Kier molecular flexibility index (Phi) is 4.74. The molecule has 2 aromatic heterocycles. The van der Waals surface area contributed by atoms with E-state index in [1.165, 1.54) is 19.5 Å². The van der Waals surface area contributed by atoms with E-state index in [-0.39, 0.29) is 18.0 Å². The van der Waals surface area contributed by atoms with Crippen LogP contribution in [-0.4, -0.2) is 47.1 Å². The van der Waals surface area contributed by atoms with Gasteiger partial charge < -0.3 is 19.6 Å². The molecule has 0 aromatic carbocycles. The zero-order chi connectivity index (χ0) is 16.9. The number of likely N-dealkylation sites (tertiary alicyclic amines) is 1. The Morgan fingerprint density at radius 1 is 1.46 bits per heavy atom. The van der Waals surface area contributed by atoms with Crippen LogP contribution in [0.15, 0.2) is 36.8 Å². The van der Waals surface area contributed by atoms with E-state index >= 15 is 0 Å². The lowest BCUT2D eigenvalue weighted by Gasteiger charge is -2.32. The summed E-state index contributed by atoms with van der Waals surface area (Å²) in [5.41, 5.74) is 0.372. The number of rotatable bonds is 4. The maximum atomic E-state index is 12.5. The molecule has 0 spiro atoms. The summed E-state index contributed by atoms with van der Waals surface area (Å²) in [7, 11) is 1.49. The molecule has 3 heterocycles. The van der Waals surface area contributed by atoms with Crippen LogP contribution in [0.4, 0.5) is 0 Å². The summed E-state index contributed by atoms with van der Waals surface area (Å²) in [6, 6.07) is 5.09. The van der Waals surface area contributed by atoms with Crippen molar-refractivity contribution >= 4 is 5.91 Å². The van der Waals surface area contributed by atoms with Crippen molar-refractivity contribution in [1.82, 2.24) is 14.9 Å². The summed E-state index contributed by atoms with van der Waals surface area (Å²) in [6.07, 6.45) is 5.67. The van der Waals surface area contributed by atoms with Crippen molar-refractivity contribution in [3.8, 4) is 11.9 Å². The number of carbonyl (C=O) groups is 1. The van der Waals surface area contributed by atoms with Gasteiger partial charge in [0.05, 0.1) is 13.7 Å². The molecular formula is C16H18N4O4. The smallest absolute Gasteiger partial charge is 0.319 e. The van der Waals surface area contributed by atoms with Crippen molar-refractivity contribution in [1.29, 1.82) is 0 Å². The number of aromatic nitrogens is 3. The molecule has 1 aliphatic heterocycles. The van der Waals surface area contributed by atoms with Crippen molar-refractivity contribution < 1.29 is 19.0 Å². The van der Waals surface area contributed by atoms with Gasteiger partial charge in [-0.1, -0.05) is 0 Å². The molecule has 126 valence electrons. The lowest BCUT2D eigenvalue weighted by atomic mass is 10.1. The van der Waals surface area contributed by atoms with Gasteiger partial charge in [0.25, 0.3) is 5.91 Å². The lowest BCUT2D eigenvalue weighted by molar-refractivity contribution is -0.605. The zero-order valence-electron chi connectivity index (χ0n) is 13.3. The molecule has 1 atom stereocenters. The van der Waals surface area contributed by atoms with Gasteiger partial charge in [-0.25, -0.2) is 4.98 Å². The molecule has 2 aromatic rings. The minimum absolute atomic E-state index is 0.162. The van der Waals surface area contributed by atoms with Gasteiger partial charge in [-0.05, 0) is 18.9 Å². The van der Waals surface area contributed by atoms with Gasteiger partial charge in [-0.3, -0.25) is 4.79 Å². The summed E-state index contributed by atoms with van der Waals surface area (Å²) in [5.74, 6) is 0.243. The predicted molar refractivity (Wildman–Crippen MR) is 83.5 cm³/mol. The second-order valence-electron chi connectivity index (χ2n) is 5.47. The third-order valence-electron chi connectivity index (χ3n) is 3.77. The molecular weight excluding hydrogens is 312 g/mol. The van der Waals surface area contributed by atoms with E-state index in [9.17, 15) is 10.0 Å². The highest BCUT2D eigenvalue weighted by Gasteiger charge is 2.27. The standard InChI is InChI=1S/C16H18N4O4/c1-23-16-17-7-6-14(18-16)24-13-5-3-8-19(11-13)15(21)12-4-2-9-20(22)10-12/h2,4,6-7,9-10,13H,3,5,8,11H2,1H3. The average molecular weight is 330 g/mol. The Balaban J connectivity index is 1.66. The van der Waals surface area contributed by atoms with Crippen LogP contribution < -0.4 is 14.2 Å². The molecule has 1 unspecified atom stereocenters. The van der Waals surface area contributed by atoms with E-state index in [0.29, 0.717) is 29.3 Å². The highest BCUT2D eigenvalue weighted by molar-refractivity contribution is 5.93. The number of amides is 1. The molecule has 0 saturated carbocycles. The van der Waals surface area contributed by atoms with Crippen molar-refractivity contribution in [2.75, 3.05) is 20.2 Å². The highest BCUT2D eigenvalue weighted by Crippen LogP contribution is 2.19. The normalized spacial score (nSPS) is 17.4. The first kappa shape index (κ1) is 16.0. The van der Waals surface area contributed by atoms with Gasteiger partial charge in [0.15, 0.2) is 12.4 Å². The minimum atomic E-state index is -0.172. The number of piperidine rings is 1. The van der Waals surface area contributed by atoms with Crippen LogP contribution in [0.3, 0.4) is 0 Å². The lowest BCUT2D eigenvalue weighted by Crippen LogP contribution is -2.45. The van der Waals surface area contributed by atoms with E-state index in [1.54, 1.807) is 29.3 Å². The molecule has 3 rings (SSSR count). The van der Waals surface area contributed by atoms with Crippen LogP contribution in [0, 0.1) is 5.21 Å². The average Bonchev–Trinajstić information content (AvgIpc) is 2.61. The molecule has 8 heteroatoms. The van der Waals surface area contributed by atoms with Gasteiger partial charge in [0.1, 0.15) is 11.7 Å². The maximum absolute atomic E-state index is 12.5. The number of nitrogens with zero attached hydrogens (tertiary/aromatic N) is 4. The number of ether oxygens (including phenoxy) is 2. The van der Waals surface area contributed by atoms with Crippen LogP contribution >= 0.6 is 0 Å². The number of hydrogen-bond acceptors (Lipinski definition) is 6. The van der Waals surface area contributed by atoms with E-state index in [4.69, 9.17) is 9.47 Å². The third-order valence-corrected chi connectivity index (χ3v) is 3.77. The largest absolute Gasteiger partial charge is 0.619 e. The summed E-state index contributed by atoms with van der Waals surface area (Å²) < 4.78 is 11.4. The first-order valence-electron chi connectivity index (χ1n) is 7.67. The summed E-state index contributed by atoms with van der Waals surface area (Å²) in [6.45, 7) is 1.08. The first-order valence-corrected chi connectivity index (χ1v) is 7.67. The van der Waals surface area contributed by atoms with Crippen LogP contribution in [-0.2, 0) is 0 Å². The van der Waals surface area contributed by atoms with Crippen molar-refractivity contribution in [2.45, 2.75) is 18.9 Å². The van der Waals surface area contributed by atoms with Crippen molar-refractivity contribution in [2.24, 2.45) is 0 Å². The van der Waals surface area contributed by atoms with Crippen LogP contribution in [0.5, 0.6) is 11.9 Å². The SMILES string of the molecule is COc1nccc(OC2CCCN(C(=O)c3ccc[n+]([O-])c3)C2)n1. The van der Waals surface area contributed by atoms with Gasteiger partial charge >= 0.3 is 6.01 Å². The van der Waals surface area contributed by atoms with E-state index in [1.807, 2.05) is 0 Å². The summed E-state index contributed by atoms with van der Waals surface area (Å²) in [4.78, 5) is 22.3. The highest BCUT2D eigenvalue weighted by atomic mass is 16.5. The fraction of sp³-hybridized carbons (Fsp3) is 0.375. The summed E-state index contributed by atoms with van der Waals surface area (Å²) in [5, 5.41) is 11.3. The Labute approximate surface area is 139 Å². The molecule has 1 amide bonds. The first-order chi connectivity index (χ1) is 11.7. The van der Waals surface area contributed by atoms with E-state index in [0.717, 1.165) is 12.8 Å². The zero-order valence-corrected chi connectivity index (χ0v) is 13.3. The fourth-order valence-corrected chi connectivity index (χ4v) is 2.64. The second-order valence-corrected chi connectivity index (χ2v) is 5.47. The Morgan fingerprint density at radius 2 is 2.33 bits per heavy atom. The summed E-state index contributed by atoms with van der Waals surface area (Å²) >= 11 is 0. The van der Waals surface area contributed by atoms with Gasteiger partial charge in [0.2, 0.25) is 5.88 Å². The monoisotopic (exact) mass is 330 g/mol. The fourth-order valence-electron chi connectivity index (χ4n) is 2.64.